The van der Waals surface area contributed by atoms with Gasteiger partial charge >= 0.3 is 11.9 Å². The smallest absolute Gasteiger partial charge is 0.337 e. The van der Waals surface area contributed by atoms with Crippen molar-refractivity contribution in [3.05, 3.63) is 95.1 Å². The number of carbonyl (C=O) groups excluding carboxylic acids is 3. The molecule has 1 fully saturated rings. The van der Waals surface area contributed by atoms with Crippen molar-refractivity contribution in [1.29, 1.82) is 0 Å². The van der Waals surface area contributed by atoms with Crippen LogP contribution in [-0.4, -0.2) is 63.3 Å². The summed E-state index contributed by atoms with van der Waals surface area (Å²) in [5.74, 6) is 0.0489. The first kappa shape index (κ1) is 30.6. The highest BCUT2D eigenvalue weighted by atomic mass is 16.5. The summed E-state index contributed by atoms with van der Waals surface area (Å²) in [6.45, 7) is 1.92. The molecule has 0 radical (unpaired) electrons. The number of aryl methyl sites for hydroxylation is 2. The molecule has 0 atom stereocenters. The fourth-order valence-electron chi connectivity index (χ4n) is 5.04. The van der Waals surface area contributed by atoms with Crippen LogP contribution in [0.5, 0.6) is 11.5 Å². The molecule has 0 spiro atoms. The molecule has 1 aliphatic rings. The molecule has 1 amide bonds. The Morgan fingerprint density at radius 1 is 0.762 bits per heavy atom. The maximum atomic E-state index is 13.4. The van der Waals surface area contributed by atoms with Crippen molar-refractivity contribution in [2.24, 2.45) is 5.92 Å². The molecule has 0 bridgehead atoms. The van der Waals surface area contributed by atoms with E-state index in [1.165, 1.54) is 31.4 Å². The molecule has 42 heavy (non-hydrogen) atoms. The van der Waals surface area contributed by atoms with Gasteiger partial charge in [-0.15, -0.1) is 0 Å². The molecular weight excluding hydrogens is 534 g/mol. The van der Waals surface area contributed by atoms with Gasteiger partial charge in [0.1, 0.15) is 11.5 Å². The third kappa shape index (κ3) is 8.59. The fraction of sp³-hybridized carbons (Fsp3) is 0.382. The highest BCUT2D eigenvalue weighted by molar-refractivity contribution is 6.00. The van der Waals surface area contributed by atoms with Crippen LogP contribution in [0.2, 0.25) is 0 Å². The molecule has 8 heteroatoms. The zero-order valence-electron chi connectivity index (χ0n) is 24.4. The number of benzene rings is 3. The van der Waals surface area contributed by atoms with Crippen LogP contribution in [0.25, 0.3) is 0 Å². The van der Waals surface area contributed by atoms with E-state index in [-0.39, 0.29) is 23.4 Å². The molecule has 222 valence electrons. The standard InChI is InChI=1S/C34H39NO7/c1-39-33(37)27-18-20-35(21-19-27)32(36)30-24-28(34(38)40-2)14-17-31(30)42-23-7-11-26-12-15-29(16-13-26)41-22-6-10-25-8-4-3-5-9-25/h3-5,8-9,12-17,24,27H,6-7,10-11,18-23H2,1-2H3. The van der Waals surface area contributed by atoms with Gasteiger partial charge in [0.15, 0.2) is 0 Å². The van der Waals surface area contributed by atoms with Gasteiger partial charge in [0, 0.05) is 13.1 Å². The van der Waals surface area contributed by atoms with Gasteiger partial charge in [-0.25, -0.2) is 4.79 Å². The highest BCUT2D eigenvalue weighted by Crippen LogP contribution is 2.26. The predicted octanol–water partition coefficient (Wildman–Crippen LogP) is 5.52. The average molecular weight is 574 g/mol. The van der Waals surface area contributed by atoms with Crippen LogP contribution in [0.4, 0.5) is 0 Å². The van der Waals surface area contributed by atoms with Gasteiger partial charge in [-0.05, 0) is 80.0 Å². The average Bonchev–Trinajstić information content (AvgIpc) is 3.05. The number of hydrogen-bond acceptors (Lipinski definition) is 7. The number of rotatable bonds is 13. The number of nitrogens with zero attached hydrogens (tertiary/aromatic N) is 1. The van der Waals surface area contributed by atoms with Crippen LogP contribution in [0.3, 0.4) is 0 Å². The van der Waals surface area contributed by atoms with Gasteiger partial charge in [-0.1, -0.05) is 42.5 Å². The molecule has 0 saturated carbocycles. The van der Waals surface area contributed by atoms with Gasteiger partial charge in [-0.3, -0.25) is 9.59 Å². The molecule has 0 aliphatic carbocycles. The summed E-state index contributed by atoms with van der Waals surface area (Å²) in [6.07, 6.45) is 4.56. The van der Waals surface area contributed by atoms with E-state index in [1.807, 2.05) is 18.2 Å². The number of hydrogen-bond donors (Lipinski definition) is 0. The first-order chi connectivity index (χ1) is 20.5. The maximum absolute atomic E-state index is 13.4. The van der Waals surface area contributed by atoms with Crippen molar-refractivity contribution in [3.8, 4) is 11.5 Å². The lowest BCUT2D eigenvalue weighted by molar-refractivity contribution is -0.146. The van der Waals surface area contributed by atoms with Crippen LogP contribution in [0, 0.1) is 5.92 Å². The summed E-state index contributed by atoms with van der Waals surface area (Å²) >= 11 is 0. The Morgan fingerprint density at radius 3 is 2.05 bits per heavy atom. The van der Waals surface area contributed by atoms with E-state index in [2.05, 4.69) is 36.4 Å². The van der Waals surface area contributed by atoms with Crippen LogP contribution in [0.1, 0.15) is 57.5 Å². The lowest BCUT2D eigenvalue weighted by atomic mass is 9.96. The Bertz CT molecular complexity index is 1320. The molecule has 1 aliphatic heterocycles. The van der Waals surface area contributed by atoms with E-state index in [9.17, 15) is 14.4 Å². The fourth-order valence-corrected chi connectivity index (χ4v) is 5.04. The minimum absolute atomic E-state index is 0.212. The van der Waals surface area contributed by atoms with Crippen molar-refractivity contribution in [2.45, 2.75) is 38.5 Å². The van der Waals surface area contributed by atoms with Crippen molar-refractivity contribution < 1.29 is 33.3 Å². The Labute approximate surface area is 247 Å². The summed E-state index contributed by atoms with van der Waals surface area (Å²) in [5.41, 5.74) is 3.07. The molecule has 1 heterocycles. The number of piperidine rings is 1. The summed E-state index contributed by atoms with van der Waals surface area (Å²) in [6, 6.07) is 23.3. The number of likely N-dealkylation sites (tertiary alicyclic amines) is 1. The van der Waals surface area contributed by atoms with E-state index < -0.39 is 5.97 Å². The van der Waals surface area contributed by atoms with Crippen molar-refractivity contribution in [1.82, 2.24) is 4.90 Å². The van der Waals surface area contributed by atoms with Crippen molar-refractivity contribution >= 4 is 17.8 Å². The summed E-state index contributed by atoms with van der Waals surface area (Å²) in [4.78, 5) is 39.2. The number of ether oxygens (including phenoxy) is 4. The van der Waals surface area contributed by atoms with Gasteiger partial charge in [0.2, 0.25) is 0 Å². The largest absolute Gasteiger partial charge is 0.494 e. The van der Waals surface area contributed by atoms with Crippen LogP contribution in [-0.2, 0) is 27.1 Å². The zero-order chi connectivity index (χ0) is 29.7. The third-order valence-electron chi connectivity index (χ3n) is 7.46. The summed E-state index contributed by atoms with van der Waals surface area (Å²) in [5, 5.41) is 0. The number of methoxy groups -OCH3 is 2. The number of amides is 1. The van der Waals surface area contributed by atoms with E-state index in [0.29, 0.717) is 50.5 Å². The van der Waals surface area contributed by atoms with E-state index in [1.54, 1.807) is 17.0 Å². The first-order valence-corrected chi connectivity index (χ1v) is 14.5. The van der Waals surface area contributed by atoms with Crippen LogP contribution >= 0.6 is 0 Å². The number of esters is 2. The second-order valence-electron chi connectivity index (χ2n) is 10.3. The molecule has 0 N–H and O–H groups in total. The number of carbonyl (C=O) groups is 3. The lowest BCUT2D eigenvalue weighted by Crippen LogP contribution is -2.40. The van der Waals surface area contributed by atoms with Gasteiger partial charge in [0.25, 0.3) is 5.91 Å². The van der Waals surface area contributed by atoms with Crippen LogP contribution in [0.15, 0.2) is 72.8 Å². The first-order valence-electron chi connectivity index (χ1n) is 14.5. The Hall–Kier alpha value is -4.33. The van der Waals surface area contributed by atoms with Gasteiger partial charge in [0.05, 0.1) is 44.5 Å². The lowest BCUT2D eigenvalue weighted by Gasteiger charge is -2.31. The quantitative estimate of drug-likeness (QED) is 0.196. The predicted molar refractivity (Wildman–Crippen MR) is 159 cm³/mol. The normalized spacial score (nSPS) is 13.3. The minimum Gasteiger partial charge on any atom is -0.494 e. The minimum atomic E-state index is -0.524. The van der Waals surface area contributed by atoms with Crippen molar-refractivity contribution in [2.75, 3.05) is 40.5 Å². The highest BCUT2D eigenvalue weighted by Gasteiger charge is 2.30. The van der Waals surface area contributed by atoms with Gasteiger partial charge < -0.3 is 23.8 Å². The topological polar surface area (TPSA) is 91.4 Å². The monoisotopic (exact) mass is 573 g/mol. The molecule has 1 saturated heterocycles. The van der Waals surface area contributed by atoms with Gasteiger partial charge in [-0.2, -0.15) is 0 Å². The van der Waals surface area contributed by atoms with E-state index >= 15 is 0 Å². The molecule has 0 aromatic heterocycles. The second-order valence-corrected chi connectivity index (χ2v) is 10.3. The molecule has 0 unspecified atom stereocenters. The molecule has 3 aromatic rings. The maximum Gasteiger partial charge on any atom is 0.337 e. The third-order valence-corrected chi connectivity index (χ3v) is 7.46. The molecule has 8 nitrogen and oxygen atoms in total. The Balaban J connectivity index is 1.27. The Morgan fingerprint density at radius 2 is 1.40 bits per heavy atom. The summed E-state index contributed by atoms with van der Waals surface area (Å²) < 4.78 is 21.6. The van der Waals surface area contributed by atoms with E-state index in [0.717, 1.165) is 31.4 Å². The zero-order valence-corrected chi connectivity index (χ0v) is 24.4. The molecule has 3 aromatic carbocycles. The van der Waals surface area contributed by atoms with E-state index in [4.69, 9.17) is 18.9 Å². The molecular formula is C34H39NO7. The second kappa shape index (κ2) is 15.6. The Kier molecular flexibility index (Phi) is 11.4. The molecule has 4 rings (SSSR count). The van der Waals surface area contributed by atoms with Crippen molar-refractivity contribution in [3.63, 3.8) is 0 Å². The SMILES string of the molecule is COC(=O)c1ccc(OCCCc2ccc(OCCCc3ccccc3)cc2)c(C(=O)N2CCC(C(=O)OC)CC2)c1. The summed E-state index contributed by atoms with van der Waals surface area (Å²) in [7, 11) is 2.68. The van der Waals surface area contributed by atoms with Crippen LogP contribution < -0.4 is 9.47 Å².